The summed E-state index contributed by atoms with van der Waals surface area (Å²) in [7, 11) is -10.4. The maximum atomic E-state index is 14.3. The van der Waals surface area contributed by atoms with Crippen LogP contribution in [0.1, 0.15) is 137 Å². The molecule has 0 aromatic heterocycles. The van der Waals surface area contributed by atoms with E-state index in [1.54, 1.807) is 0 Å². The summed E-state index contributed by atoms with van der Waals surface area (Å²) in [5.74, 6) is -13.0. The van der Waals surface area contributed by atoms with Crippen LogP contribution >= 0.6 is 0 Å². The highest BCUT2D eigenvalue weighted by atomic mass is 32.2. The third-order valence-corrected chi connectivity index (χ3v) is 12.1. The van der Waals surface area contributed by atoms with Gasteiger partial charge in [-0.1, -0.05) is 69.9 Å². The Morgan fingerprint density at radius 1 is 0.660 bits per heavy atom. The average Bonchev–Trinajstić information content (AvgIpc) is 3.05. The van der Waals surface area contributed by atoms with E-state index in [1.807, 2.05) is 12.1 Å². The van der Waals surface area contributed by atoms with Crippen molar-refractivity contribution in [3.63, 3.8) is 0 Å². The average molecular weight is 704 g/mol. The molecule has 0 spiro atoms. The van der Waals surface area contributed by atoms with Gasteiger partial charge in [0.2, 0.25) is 17.4 Å². The quantitative estimate of drug-likeness (QED) is 0.0609. The summed E-state index contributed by atoms with van der Waals surface area (Å²) in [6.07, 6.45) is 14.0. The van der Waals surface area contributed by atoms with Crippen LogP contribution in [-0.2, 0) is 29.2 Å². The van der Waals surface area contributed by atoms with Crippen LogP contribution in [0.3, 0.4) is 0 Å². The molecule has 0 N–H and O–H groups in total. The van der Waals surface area contributed by atoms with Crippen molar-refractivity contribution in [2.75, 3.05) is 6.61 Å². The van der Waals surface area contributed by atoms with Gasteiger partial charge in [0.05, 0.1) is 13.0 Å². The summed E-state index contributed by atoms with van der Waals surface area (Å²) < 4.78 is 128. The fourth-order valence-corrected chi connectivity index (χ4v) is 9.52. The van der Waals surface area contributed by atoms with Gasteiger partial charge in [0.25, 0.3) is 10.1 Å². The predicted molar refractivity (Wildman–Crippen MR) is 162 cm³/mol. The number of carbonyl (C=O) groups is 1. The van der Waals surface area contributed by atoms with Crippen LogP contribution in [0.15, 0.2) is 21.9 Å². The molecule has 0 radical (unpaired) electrons. The van der Waals surface area contributed by atoms with E-state index in [2.05, 4.69) is 4.74 Å². The van der Waals surface area contributed by atoms with Gasteiger partial charge in [0.1, 0.15) is 19.9 Å². The van der Waals surface area contributed by atoms with Gasteiger partial charge in [0, 0.05) is 0 Å². The van der Waals surface area contributed by atoms with Crippen LogP contribution in [-0.4, -0.2) is 34.0 Å². The molecule has 0 heterocycles. The largest absolute Gasteiger partial charge is 0.744 e. The van der Waals surface area contributed by atoms with Gasteiger partial charge in [-0.05, 0) is 73.0 Å². The highest BCUT2D eigenvalue weighted by Gasteiger charge is 2.35. The lowest BCUT2D eigenvalue weighted by atomic mass is 9.76. The topological polar surface area (TPSA) is 127 Å². The van der Waals surface area contributed by atoms with Crippen molar-refractivity contribution in [3.05, 3.63) is 52.1 Å². The molecule has 0 bridgehead atoms. The number of hydrogen-bond acceptors (Lipinski definition) is 8. The van der Waals surface area contributed by atoms with Crippen molar-refractivity contribution in [2.45, 2.75) is 130 Å². The molecule has 3 saturated carbocycles. The first-order valence-corrected chi connectivity index (χ1v) is 19.2. The Kier molecular flexibility index (Phi) is 11.3. The van der Waals surface area contributed by atoms with Gasteiger partial charge in [-0.15, -0.1) is 0 Å². The fraction of sp³-hybridized carbons (Fsp3) is 0.606. The molecule has 0 unspecified atom stereocenters. The Bertz CT molecular complexity index is 1630. The van der Waals surface area contributed by atoms with E-state index in [0.717, 1.165) is 107 Å². The molecule has 3 aliphatic carbocycles. The Morgan fingerprint density at radius 2 is 1.09 bits per heavy atom. The predicted octanol–water partition coefficient (Wildman–Crippen LogP) is 7.99. The van der Waals surface area contributed by atoms with Crippen LogP contribution in [0.5, 0.6) is 5.75 Å². The zero-order valence-corrected chi connectivity index (χ0v) is 27.6. The molecule has 260 valence electrons. The second-order valence-corrected chi connectivity index (χ2v) is 15.8. The molecule has 2 aromatic rings. The summed E-state index contributed by atoms with van der Waals surface area (Å²) in [5.41, 5.74) is 2.63. The maximum absolute atomic E-state index is 14.3. The van der Waals surface area contributed by atoms with Gasteiger partial charge in [-0.2, -0.15) is 17.2 Å². The Balaban J connectivity index is 1.42. The summed E-state index contributed by atoms with van der Waals surface area (Å²) in [5, 5.41) is 0. The molecule has 8 nitrogen and oxygen atoms in total. The lowest BCUT2D eigenvalue weighted by Gasteiger charge is -2.32. The number of rotatable bonds is 10. The van der Waals surface area contributed by atoms with E-state index >= 15 is 0 Å². The maximum Gasteiger partial charge on any atom is 0.313 e. The molecule has 0 atom stereocenters. The van der Waals surface area contributed by atoms with Crippen molar-refractivity contribution in [3.8, 4) is 5.75 Å². The second-order valence-electron chi connectivity index (χ2n) is 12.9. The van der Waals surface area contributed by atoms with Crippen LogP contribution in [0.25, 0.3) is 0 Å². The van der Waals surface area contributed by atoms with Crippen molar-refractivity contribution in [2.24, 2.45) is 0 Å². The summed E-state index contributed by atoms with van der Waals surface area (Å²) in [6, 6.07) is 4.09. The number of hydrogen-bond donors (Lipinski definition) is 0. The van der Waals surface area contributed by atoms with Gasteiger partial charge >= 0.3 is 5.97 Å². The van der Waals surface area contributed by atoms with E-state index in [1.165, 1.54) is 6.42 Å². The highest BCUT2D eigenvalue weighted by Crippen LogP contribution is 2.46. The van der Waals surface area contributed by atoms with Crippen molar-refractivity contribution < 1.29 is 52.7 Å². The molecule has 0 saturated heterocycles. The monoisotopic (exact) mass is 703 g/mol. The van der Waals surface area contributed by atoms with Crippen molar-refractivity contribution in [1.82, 2.24) is 0 Å². The van der Waals surface area contributed by atoms with E-state index < -0.39 is 73.1 Å². The van der Waals surface area contributed by atoms with E-state index in [4.69, 9.17) is 4.18 Å². The minimum atomic E-state index is -5.95. The molecular weight excluding hydrogens is 664 g/mol. The molecule has 3 aliphatic rings. The normalized spacial score (nSPS) is 19.2. The number of halogens is 4. The van der Waals surface area contributed by atoms with Crippen molar-refractivity contribution >= 4 is 26.2 Å². The molecule has 3 fully saturated rings. The third kappa shape index (κ3) is 8.02. The first kappa shape index (κ1) is 35.7. The zero-order valence-electron chi connectivity index (χ0n) is 26.0. The fourth-order valence-electron chi connectivity index (χ4n) is 7.45. The lowest BCUT2D eigenvalue weighted by molar-refractivity contribution is -0.135. The number of carbonyl (C=O) groups excluding carboxylic acids is 1. The first-order valence-electron chi connectivity index (χ1n) is 16.4. The van der Waals surface area contributed by atoms with Crippen LogP contribution < -0.4 is 4.74 Å². The number of esters is 1. The van der Waals surface area contributed by atoms with Crippen LogP contribution in [0.2, 0.25) is 0 Å². The lowest BCUT2D eigenvalue weighted by Crippen LogP contribution is -2.21. The molecule has 5 rings (SSSR count). The number of benzene rings is 2. The Labute approximate surface area is 273 Å². The Hall–Kier alpha value is -2.55. The van der Waals surface area contributed by atoms with Gasteiger partial charge in [0.15, 0.2) is 11.6 Å². The van der Waals surface area contributed by atoms with Gasteiger partial charge in [-0.3, -0.25) is 8.98 Å². The highest BCUT2D eigenvalue weighted by molar-refractivity contribution is 7.87. The third-order valence-electron chi connectivity index (χ3n) is 9.78. The van der Waals surface area contributed by atoms with Crippen LogP contribution in [0.4, 0.5) is 17.6 Å². The van der Waals surface area contributed by atoms with Gasteiger partial charge < -0.3 is 9.29 Å². The second kappa shape index (κ2) is 14.9. The molecule has 2 aromatic carbocycles. The summed E-state index contributed by atoms with van der Waals surface area (Å²) in [4.78, 5) is 10.2. The molecule has 47 heavy (non-hydrogen) atoms. The van der Waals surface area contributed by atoms with Crippen molar-refractivity contribution in [1.29, 1.82) is 0 Å². The molecular formula is C33H39F4O8S2-. The standard InChI is InChI=1S/C33H40F4O8S2/c34-27-29(36)33(46(39,40)41)30(37)28(35)31(27)45-26(38)16-17-44-47(42,43)32-24(21-12-6-2-7-13-21)18-23(20-10-4-1-5-11-20)19-25(32)22-14-8-3-9-15-22/h18-22H,1-17H2,(H,39,40,41)/p-1. The minimum absolute atomic E-state index is 0.0182. The minimum Gasteiger partial charge on any atom is -0.744 e. The smallest absolute Gasteiger partial charge is 0.313 e. The first-order chi connectivity index (χ1) is 22.3. The molecule has 0 aliphatic heterocycles. The van der Waals surface area contributed by atoms with Crippen LogP contribution in [0, 0.1) is 23.3 Å². The van der Waals surface area contributed by atoms with E-state index in [0.29, 0.717) is 5.92 Å². The van der Waals surface area contributed by atoms with E-state index in [9.17, 15) is 43.7 Å². The summed E-state index contributed by atoms with van der Waals surface area (Å²) >= 11 is 0. The Morgan fingerprint density at radius 3 is 1.51 bits per heavy atom. The molecule has 14 heteroatoms. The van der Waals surface area contributed by atoms with Gasteiger partial charge in [-0.25, -0.2) is 17.2 Å². The molecule has 0 amide bonds. The zero-order chi connectivity index (χ0) is 33.9. The SMILES string of the molecule is O=C(CCOS(=O)(=O)c1c(C2CCCCC2)cc(C2CCCCC2)cc1C1CCCCC1)Oc1c(F)c(F)c(S(=O)(=O)[O-])c(F)c1F. The summed E-state index contributed by atoms with van der Waals surface area (Å²) in [6.45, 7) is -0.805. The number of ether oxygens (including phenoxy) is 1. The van der Waals surface area contributed by atoms with E-state index in [-0.39, 0.29) is 16.7 Å².